The van der Waals surface area contributed by atoms with Crippen LogP contribution in [0, 0.1) is 0 Å². The molecule has 0 bridgehead atoms. The fourth-order valence-electron chi connectivity index (χ4n) is 3.19. The Morgan fingerprint density at radius 2 is 1.81 bits per heavy atom. The standard InChI is InChI=1S/C19H17ClN4O2/c20-16-6-3-7-17(22-16)23-8-10-24(11-9-23)19(26)14-12-13-4-1-2-5-15(13)21-18(14)25/h1-7,12H,8-11H2,(H,21,25). The Labute approximate surface area is 155 Å². The maximum atomic E-state index is 12.8. The SMILES string of the molecule is O=C(c1cc2ccccc2[nH]c1=O)N1CCN(c2cccc(Cl)n2)CC1. The number of carbonyl (C=O) groups excluding carboxylic acids is 1. The average molecular weight is 369 g/mol. The second kappa shape index (κ2) is 6.80. The number of hydrogen-bond donors (Lipinski definition) is 1. The minimum Gasteiger partial charge on any atom is -0.353 e. The van der Waals surface area contributed by atoms with Crippen LogP contribution >= 0.6 is 11.6 Å². The van der Waals surface area contributed by atoms with Gasteiger partial charge in [0.2, 0.25) is 0 Å². The second-order valence-electron chi connectivity index (χ2n) is 6.20. The Balaban J connectivity index is 1.52. The number of anilines is 1. The first kappa shape index (κ1) is 16.6. The Hall–Kier alpha value is -2.86. The van der Waals surface area contributed by atoms with Gasteiger partial charge in [0, 0.05) is 31.7 Å². The van der Waals surface area contributed by atoms with E-state index in [0.29, 0.717) is 31.3 Å². The molecule has 0 saturated carbocycles. The lowest BCUT2D eigenvalue weighted by atomic mass is 10.1. The molecular formula is C19H17ClN4O2. The summed E-state index contributed by atoms with van der Waals surface area (Å²) in [5, 5.41) is 1.29. The van der Waals surface area contributed by atoms with Gasteiger partial charge in [0.1, 0.15) is 16.5 Å². The predicted molar refractivity (Wildman–Crippen MR) is 102 cm³/mol. The monoisotopic (exact) mass is 368 g/mol. The van der Waals surface area contributed by atoms with E-state index in [-0.39, 0.29) is 17.0 Å². The van der Waals surface area contributed by atoms with E-state index in [4.69, 9.17) is 11.6 Å². The van der Waals surface area contributed by atoms with Crippen LogP contribution in [0.2, 0.25) is 5.15 Å². The number of benzene rings is 1. The van der Waals surface area contributed by atoms with Crippen LogP contribution < -0.4 is 10.5 Å². The van der Waals surface area contributed by atoms with Crippen LogP contribution in [-0.2, 0) is 0 Å². The molecule has 3 aromatic rings. The van der Waals surface area contributed by atoms with E-state index < -0.39 is 0 Å². The molecule has 2 aromatic heterocycles. The molecule has 6 nitrogen and oxygen atoms in total. The molecule has 1 aliphatic heterocycles. The molecule has 4 rings (SSSR count). The normalized spacial score (nSPS) is 14.7. The average Bonchev–Trinajstić information content (AvgIpc) is 2.67. The number of nitrogens with one attached hydrogen (secondary N) is 1. The lowest BCUT2D eigenvalue weighted by Gasteiger charge is -2.35. The molecule has 1 saturated heterocycles. The number of carbonyl (C=O) groups is 1. The van der Waals surface area contributed by atoms with Crippen molar-refractivity contribution in [2.24, 2.45) is 0 Å². The van der Waals surface area contributed by atoms with Gasteiger partial charge in [-0.25, -0.2) is 4.98 Å². The van der Waals surface area contributed by atoms with E-state index in [1.165, 1.54) is 0 Å². The first-order chi connectivity index (χ1) is 12.6. The van der Waals surface area contributed by atoms with Crippen molar-refractivity contribution in [3.8, 4) is 0 Å². The molecule has 0 radical (unpaired) electrons. The molecule has 0 atom stereocenters. The zero-order chi connectivity index (χ0) is 18.1. The van der Waals surface area contributed by atoms with Crippen molar-refractivity contribution in [3.63, 3.8) is 0 Å². The number of hydrogen-bond acceptors (Lipinski definition) is 4. The summed E-state index contributed by atoms with van der Waals surface area (Å²) in [6.45, 7) is 2.34. The van der Waals surface area contributed by atoms with Gasteiger partial charge in [-0.15, -0.1) is 0 Å². The second-order valence-corrected chi connectivity index (χ2v) is 6.58. The lowest BCUT2D eigenvalue weighted by Crippen LogP contribution is -2.49. The number of para-hydroxylation sites is 1. The minimum absolute atomic E-state index is 0.179. The van der Waals surface area contributed by atoms with Crippen LogP contribution in [0.25, 0.3) is 10.9 Å². The smallest absolute Gasteiger partial charge is 0.261 e. The number of amides is 1. The highest BCUT2D eigenvalue weighted by molar-refractivity contribution is 6.29. The summed E-state index contributed by atoms with van der Waals surface area (Å²) in [5.74, 6) is 0.559. The molecule has 1 N–H and O–H groups in total. The molecule has 7 heteroatoms. The molecular weight excluding hydrogens is 352 g/mol. The Bertz CT molecular complexity index is 1030. The van der Waals surface area contributed by atoms with Crippen molar-refractivity contribution in [3.05, 3.63) is 69.6 Å². The molecule has 26 heavy (non-hydrogen) atoms. The number of halogens is 1. The van der Waals surface area contributed by atoms with Gasteiger partial charge in [-0.2, -0.15) is 0 Å². The highest BCUT2D eigenvalue weighted by atomic mass is 35.5. The highest BCUT2D eigenvalue weighted by Crippen LogP contribution is 2.18. The summed E-state index contributed by atoms with van der Waals surface area (Å²) >= 11 is 5.95. The van der Waals surface area contributed by atoms with Crippen molar-refractivity contribution in [2.45, 2.75) is 0 Å². The Morgan fingerprint density at radius 1 is 1.04 bits per heavy atom. The van der Waals surface area contributed by atoms with E-state index in [1.54, 1.807) is 17.0 Å². The molecule has 1 fully saturated rings. The van der Waals surface area contributed by atoms with E-state index in [9.17, 15) is 9.59 Å². The Kier molecular flexibility index (Phi) is 4.34. The maximum Gasteiger partial charge on any atom is 0.261 e. The molecule has 3 heterocycles. The molecule has 1 amide bonds. The molecule has 0 spiro atoms. The van der Waals surface area contributed by atoms with Gasteiger partial charge in [-0.05, 0) is 29.7 Å². The fourth-order valence-corrected chi connectivity index (χ4v) is 3.35. The van der Waals surface area contributed by atoms with Gasteiger partial charge in [0.25, 0.3) is 11.5 Å². The van der Waals surface area contributed by atoms with Crippen LogP contribution in [0.4, 0.5) is 5.82 Å². The topological polar surface area (TPSA) is 69.3 Å². The molecule has 1 aromatic carbocycles. The third-order valence-corrected chi connectivity index (χ3v) is 4.79. The third-order valence-electron chi connectivity index (χ3n) is 4.58. The quantitative estimate of drug-likeness (QED) is 0.706. The minimum atomic E-state index is -0.354. The predicted octanol–water partition coefficient (Wildman–Crippen LogP) is 2.54. The molecule has 1 aliphatic rings. The van der Waals surface area contributed by atoms with Crippen LogP contribution in [-0.4, -0.2) is 47.0 Å². The van der Waals surface area contributed by atoms with Crippen LogP contribution in [0.5, 0.6) is 0 Å². The number of rotatable bonds is 2. The zero-order valence-electron chi connectivity index (χ0n) is 14.0. The summed E-state index contributed by atoms with van der Waals surface area (Å²) in [5.41, 5.74) is 0.552. The summed E-state index contributed by atoms with van der Waals surface area (Å²) in [6, 6.07) is 14.6. The molecule has 132 valence electrons. The van der Waals surface area contributed by atoms with Crippen LogP contribution in [0.3, 0.4) is 0 Å². The highest BCUT2D eigenvalue weighted by Gasteiger charge is 2.24. The lowest BCUT2D eigenvalue weighted by molar-refractivity contribution is 0.0745. The Morgan fingerprint density at radius 3 is 2.58 bits per heavy atom. The van der Waals surface area contributed by atoms with Crippen molar-refractivity contribution in [1.29, 1.82) is 0 Å². The number of fused-ring (bicyclic) bond motifs is 1. The van der Waals surface area contributed by atoms with Crippen LogP contribution in [0.1, 0.15) is 10.4 Å². The summed E-state index contributed by atoms with van der Waals surface area (Å²) < 4.78 is 0. The van der Waals surface area contributed by atoms with Crippen molar-refractivity contribution >= 4 is 34.2 Å². The number of H-pyrrole nitrogens is 1. The van der Waals surface area contributed by atoms with E-state index in [0.717, 1.165) is 16.7 Å². The first-order valence-electron chi connectivity index (χ1n) is 8.41. The molecule has 0 unspecified atom stereocenters. The van der Waals surface area contributed by atoms with Crippen molar-refractivity contribution in [2.75, 3.05) is 31.1 Å². The van der Waals surface area contributed by atoms with Crippen molar-refractivity contribution in [1.82, 2.24) is 14.9 Å². The first-order valence-corrected chi connectivity index (χ1v) is 8.78. The fraction of sp³-hybridized carbons (Fsp3) is 0.211. The third kappa shape index (κ3) is 3.15. The summed E-state index contributed by atoms with van der Waals surface area (Å²) in [7, 11) is 0. The molecule has 0 aliphatic carbocycles. The number of nitrogens with zero attached hydrogens (tertiary/aromatic N) is 3. The van der Waals surface area contributed by atoms with Crippen molar-refractivity contribution < 1.29 is 4.79 Å². The van der Waals surface area contributed by atoms with Gasteiger partial charge < -0.3 is 14.8 Å². The van der Waals surface area contributed by atoms with E-state index in [2.05, 4.69) is 14.9 Å². The number of aromatic nitrogens is 2. The number of aromatic amines is 1. The van der Waals surface area contributed by atoms with Gasteiger partial charge >= 0.3 is 0 Å². The van der Waals surface area contributed by atoms with E-state index >= 15 is 0 Å². The largest absolute Gasteiger partial charge is 0.353 e. The maximum absolute atomic E-state index is 12.8. The summed E-state index contributed by atoms with van der Waals surface area (Å²) in [4.78, 5) is 36.0. The van der Waals surface area contributed by atoms with Gasteiger partial charge in [-0.3, -0.25) is 9.59 Å². The van der Waals surface area contributed by atoms with Gasteiger partial charge in [0.15, 0.2) is 0 Å². The van der Waals surface area contributed by atoms with Gasteiger partial charge in [-0.1, -0.05) is 35.9 Å². The zero-order valence-corrected chi connectivity index (χ0v) is 14.7. The number of pyridine rings is 2. The van der Waals surface area contributed by atoms with Crippen LogP contribution in [0.15, 0.2) is 53.3 Å². The van der Waals surface area contributed by atoms with E-state index in [1.807, 2.05) is 36.4 Å². The van der Waals surface area contributed by atoms with Gasteiger partial charge in [0.05, 0.1) is 0 Å². The number of piperazine rings is 1. The summed E-state index contributed by atoms with van der Waals surface area (Å²) in [6.07, 6.45) is 0.